The maximum Gasteiger partial charge on any atom is 0.229 e. The third-order valence-electron chi connectivity index (χ3n) is 3.82. The van der Waals surface area contributed by atoms with Crippen LogP contribution in [0.1, 0.15) is 0 Å². The Labute approximate surface area is 148 Å². The van der Waals surface area contributed by atoms with Crippen LogP contribution >= 0.6 is 0 Å². The smallest absolute Gasteiger partial charge is 0.229 e. The molecule has 2 aromatic heterocycles. The van der Waals surface area contributed by atoms with Crippen LogP contribution in [0, 0.1) is 0 Å². The number of anilines is 2. The van der Waals surface area contributed by atoms with Crippen molar-refractivity contribution in [2.24, 2.45) is 0 Å². The molecule has 130 valence electrons. The Kier molecular flexibility index (Phi) is 3.77. The number of aromatic hydroxyl groups is 2. The normalized spacial score (nSPS) is 10.8. The molecule has 4 aromatic rings. The summed E-state index contributed by atoms with van der Waals surface area (Å²) in [7, 11) is 1.49. The molecule has 2 aromatic carbocycles. The molecule has 0 saturated heterocycles. The van der Waals surface area contributed by atoms with Crippen molar-refractivity contribution in [1.29, 1.82) is 0 Å². The fraction of sp³-hybridized carbons (Fsp3) is 0.0556. The zero-order chi connectivity index (χ0) is 18.1. The molecule has 0 unspecified atom stereocenters. The molecule has 0 radical (unpaired) electrons. The largest absolute Gasteiger partial charge is 0.508 e. The second kappa shape index (κ2) is 6.25. The summed E-state index contributed by atoms with van der Waals surface area (Å²) >= 11 is 0. The molecular formula is C18H15N5O3. The van der Waals surface area contributed by atoms with E-state index in [4.69, 9.17) is 4.74 Å². The van der Waals surface area contributed by atoms with Crippen LogP contribution in [0.4, 0.5) is 11.6 Å². The van der Waals surface area contributed by atoms with Crippen molar-refractivity contribution in [2.45, 2.75) is 0 Å². The number of ether oxygens (including phenoxy) is 1. The number of aromatic nitrogens is 4. The van der Waals surface area contributed by atoms with Gasteiger partial charge in [-0.05, 0) is 24.3 Å². The summed E-state index contributed by atoms with van der Waals surface area (Å²) in [6.07, 6.45) is 3.31. The number of benzene rings is 2. The van der Waals surface area contributed by atoms with E-state index >= 15 is 0 Å². The van der Waals surface area contributed by atoms with Crippen LogP contribution in [-0.4, -0.2) is 37.1 Å². The summed E-state index contributed by atoms with van der Waals surface area (Å²) in [5.41, 5.74) is 1.89. The van der Waals surface area contributed by atoms with Crippen LogP contribution in [0.2, 0.25) is 0 Å². The average Bonchev–Trinajstić information content (AvgIpc) is 3.05. The molecule has 0 fully saturated rings. The second-order valence-corrected chi connectivity index (χ2v) is 5.56. The molecule has 26 heavy (non-hydrogen) atoms. The number of phenolic OH excluding ortho intramolecular Hbond substituents is 2. The van der Waals surface area contributed by atoms with Crippen LogP contribution in [0.15, 0.2) is 54.9 Å². The van der Waals surface area contributed by atoms with E-state index < -0.39 is 0 Å². The zero-order valence-electron chi connectivity index (χ0n) is 13.8. The number of nitrogens with zero attached hydrogens (tertiary/aromatic N) is 4. The highest BCUT2D eigenvalue weighted by atomic mass is 16.5. The first-order valence-electron chi connectivity index (χ1n) is 7.78. The number of phenols is 2. The van der Waals surface area contributed by atoms with Crippen LogP contribution in [0.25, 0.3) is 16.7 Å². The summed E-state index contributed by atoms with van der Waals surface area (Å²) in [5.74, 6) is 0.897. The Hall–Kier alpha value is -3.81. The fourth-order valence-corrected chi connectivity index (χ4v) is 2.59. The first kappa shape index (κ1) is 15.7. The first-order valence-corrected chi connectivity index (χ1v) is 7.78. The van der Waals surface area contributed by atoms with Gasteiger partial charge < -0.3 is 20.3 Å². The third kappa shape index (κ3) is 2.84. The fourth-order valence-electron chi connectivity index (χ4n) is 2.59. The van der Waals surface area contributed by atoms with Crippen LogP contribution in [-0.2, 0) is 0 Å². The van der Waals surface area contributed by atoms with Gasteiger partial charge in [-0.3, -0.25) is 0 Å². The van der Waals surface area contributed by atoms with Crippen LogP contribution in [0.3, 0.4) is 0 Å². The number of hydrogen-bond donors (Lipinski definition) is 3. The third-order valence-corrected chi connectivity index (χ3v) is 3.82. The Bertz CT molecular complexity index is 1090. The summed E-state index contributed by atoms with van der Waals surface area (Å²) in [6, 6.07) is 11.7. The highest BCUT2D eigenvalue weighted by molar-refractivity contribution is 5.77. The molecule has 0 aliphatic carbocycles. The van der Waals surface area contributed by atoms with Crippen LogP contribution < -0.4 is 10.1 Å². The summed E-state index contributed by atoms with van der Waals surface area (Å²) in [6.45, 7) is 0. The molecule has 0 aliphatic heterocycles. The van der Waals surface area contributed by atoms with Crippen molar-refractivity contribution in [2.75, 3.05) is 12.4 Å². The molecule has 0 amide bonds. The van der Waals surface area contributed by atoms with E-state index in [1.165, 1.54) is 13.2 Å². The van der Waals surface area contributed by atoms with E-state index in [2.05, 4.69) is 20.4 Å². The van der Waals surface area contributed by atoms with E-state index in [0.29, 0.717) is 28.7 Å². The summed E-state index contributed by atoms with van der Waals surface area (Å²) in [5, 5.41) is 27.7. The average molecular weight is 349 g/mol. The van der Waals surface area contributed by atoms with Gasteiger partial charge in [-0.25, -0.2) is 9.67 Å². The van der Waals surface area contributed by atoms with Gasteiger partial charge in [0.1, 0.15) is 5.75 Å². The van der Waals surface area contributed by atoms with E-state index in [1.54, 1.807) is 47.4 Å². The van der Waals surface area contributed by atoms with Crippen molar-refractivity contribution in [3.63, 3.8) is 0 Å². The number of nitrogens with one attached hydrogen (secondary N) is 1. The molecule has 8 heteroatoms. The first-order chi connectivity index (χ1) is 12.6. The Morgan fingerprint density at radius 1 is 1.08 bits per heavy atom. The van der Waals surface area contributed by atoms with Gasteiger partial charge in [-0.1, -0.05) is 6.07 Å². The van der Waals surface area contributed by atoms with Crippen molar-refractivity contribution >= 4 is 22.7 Å². The molecule has 0 atom stereocenters. The van der Waals surface area contributed by atoms with Gasteiger partial charge in [0.2, 0.25) is 5.95 Å². The van der Waals surface area contributed by atoms with Gasteiger partial charge in [0.25, 0.3) is 0 Å². The maximum atomic E-state index is 9.88. The van der Waals surface area contributed by atoms with Crippen molar-refractivity contribution in [1.82, 2.24) is 19.7 Å². The minimum absolute atomic E-state index is 0.0170. The summed E-state index contributed by atoms with van der Waals surface area (Å²) in [4.78, 5) is 8.75. The van der Waals surface area contributed by atoms with Gasteiger partial charge in [0, 0.05) is 24.0 Å². The van der Waals surface area contributed by atoms with Gasteiger partial charge in [-0.2, -0.15) is 10.1 Å². The standard InChI is InChI=1S/C18H15N5O3/c1-26-16-6-5-12(7-15(16)25)21-18-19-9-11-10-20-23(17(11)22-18)13-3-2-4-14(24)8-13/h2-10,24-25H,1H3,(H,19,21,22). The molecule has 4 rings (SSSR count). The predicted molar refractivity (Wildman–Crippen MR) is 96.3 cm³/mol. The molecule has 0 saturated carbocycles. The van der Waals surface area contributed by atoms with E-state index in [9.17, 15) is 10.2 Å². The molecule has 8 nitrogen and oxygen atoms in total. The van der Waals surface area contributed by atoms with Crippen molar-refractivity contribution in [3.05, 3.63) is 54.9 Å². The minimum Gasteiger partial charge on any atom is -0.508 e. The Morgan fingerprint density at radius 2 is 1.96 bits per heavy atom. The molecule has 2 heterocycles. The van der Waals surface area contributed by atoms with E-state index in [0.717, 1.165) is 5.39 Å². The molecule has 0 aliphatic rings. The lowest BCUT2D eigenvalue weighted by molar-refractivity contribution is 0.373. The summed E-state index contributed by atoms with van der Waals surface area (Å²) < 4.78 is 6.65. The van der Waals surface area contributed by atoms with Gasteiger partial charge in [-0.15, -0.1) is 0 Å². The minimum atomic E-state index is 0.0170. The second-order valence-electron chi connectivity index (χ2n) is 5.56. The lowest BCUT2D eigenvalue weighted by Gasteiger charge is -2.08. The Balaban J connectivity index is 1.71. The van der Waals surface area contributed by atoms with E-state index in [-0.39, 0.29) is 11.5 Å². The number of fused-ring (bicyclic) bond motifs is 1. The predicted octanol–water partition coefficient (Wildman–Crippen LogP) is 2.98. The zero-order valence-corrected chi connectivity index (χ0v) is 13.8. The topological polar surface area (TPSA) is 105 Å². The van der Waals surface area contributed by atoms with E-state index in [1.807, 2.05) is 6.07 Å². The van der Waals surface area contributed by atoms with Gasteiger partial charge in [0.05, 0.1) is 24.4 Å². The van der Waals surface area contributed by atoms with Crippen molar-refractivity contribution in [3.8, 4) is 22.9 Å². The highest BCUT2D eigenvalue weighted by Gasteiger charge is 2.10. The monoisotopic (exact) mass is 349 g/mol. The van der Waals surface area contributed by atoms with Gasteiger partial charge >= 0.3 is 0 Å². The maximum absolute atomic E-state index is 9.88. The molecular weight excluding hydrogens is 334 g/mol. The highest BCUT2D eigenvalue weighted by Crippen LogP contribution is 2.29. The van der Waals surface area contributed by atoms with Gasteiger partial charge in [0.15, 0.2) is 17.1 Å². The lowest BCUT2D eigenvalue weighted by atomic mass is 10.3. The molecule has 0 bridgehead atoms. The molecule has 3 N–H and O–H groups in total. The lowest BCUT2D eigenvalue weighted by Crippen LogP contribution is -2.01. The number of methoxy groups -OCH3 is 1. The quantitative estimate of drug-likeness (QED) is 0.520. The van der Waals surface area contributed by atoms with Crippen LogP contribution in [0.5, 0.6) is 17.2 Å². The Morgan fingerprint density at radius 3 is 2.73 bits per heavy atom. The van der Waals surface area contributed by atoms with Crippen molar-refractivity contribution < 1.29 is 14.9 Å². The number of hydrogen-bond acceptors (Lipinski definition) is 7. The SMILES string of the molecule is COc1ccc(Nc2ncc3cnn(-c4cccc(O)c4)c3n2)cc1O. The molecule has 0 spiro atoms. The number of rotatable bonds is 4.